The predicted octanol–water partition coefficient (Wildman–Crippen LogP) is 4.22. The molecule has 0 spiro atoms. The first-order valence-corrected chi connectivity index (χ1v) is 10.4. The van der Waals surface area contributed by atoms with Gasteiger partial charge in [0, 0.05) is 36.2 Å². The summed E-state index contributed by atoms with van der Waals surface area (Å²) in [6.45, 7) is 6.32. The lowest BCUT2D eigenvalue weighted by Gasteiger charge is -2.32. The number of nitrogens with zero attached hydrogens (tertiary/aromatic N) is 2. The Morgan fingerprint density at radius 3 is 2.44 bits per heavy atom. The Bertz CT molecular complexity index is 730. The molecule has 1 saturated heterocycles. The normalized spacial score (nSPS) is 15.7. The van der Waals surface area contributed by atoms with E-state index in [1.54, 1.807) is 7.11 Å². The number of halogens is 1. The van der Waals surface area contributed by atoms with Crippen LogP contribution in [0.4, 0.5) is 0 Å². The van der Waals surface area contributed by atoms with Crippen molar-refractivity contribution < 1.29 is 9.47 Å². The molecule has 3 rings (SSSR count). The van der Waals surface area contributed by atoms with E-state index in [1.807, 2.05) is 24.3 Å². The van der Waals surface area contributed by atoms with Crippen molar-refractivity contribution in [3.8, 4) is 11.5 Å². The third-order valence-corrected chi connectivity index (χ3v) is 5.90. The van der Waals surface area contributed by atoms with Crippen LogP contribution in [-0.4, -0.2) is 56.7 Å². The molecule has 5 heteroatoms. The highest BCUT2D eigenvalue weighted by Gasteiger charge is 2.15. The molecule has 1 fully saturated rings. The molecule has 0 bridgehead atoms. The lowest BCUT2D eigenvalue weighted by Crippen LogP contribution is -2.44. The fraction of sp³-hybridized carbons (Fsp3) is 0.455. The summed E-state index contributed by atoms with van der Waals surface area (Å²) >= 11 is 3.59. The maximum atomic E-state index is 6.21. The van der Waals surface area contributed by atoms with Crippen LogP contribution < -0.4 is 9.47 Å². The van der Waals surface area contributed by atoms with Crippen molar-refractivity contribution in [3.05, 3.63) is 58.1 Å². The van der Waals surface area contributed by atoms with Gasteiger partial charge >= 0.3 is 0 Å². The van der Waals surface area contributed by atoms with E-state index in [2.05, 4.69) is 51.0 Å². The van der Waals surface area contributed by atoms with Gasteiger partial charge in [-0.3, -0.25) is 0 Å². The van der Waals surface area contributed by atoms with Gasteiger partial charge in [-0.05, 0) is 44.1 Å². The van der Waals surface area contributed by atoms with Gasteiger partial charge < -0.3 is 19.3 Å². The van der Waals surface area contributed by atoms with Gasteiger partial charge in [0.1, 0.15) is 6.61 Å². The van der Waals surface area contributed by atoms with Gasteiger partial charge in [-0.25, -0.2) is 0 Å². The monoisotopic (exact) mass is 432 g/mol. The van der Waals surface area contributed by atoms with Gasteiger partial charge in [-0.1, -0.05) is 46.3 Å². The van der Waals surface area contributed by atoms with Crippen molar-refractivity contribution in [3.63, 3.8) is 0 Å². The molecule has 0 aliphatic carbocycles. The van der Waals surface area contributed by atoms with Crippen LogP contribution >= 0.6 is 15.9 Å². The van der Waals surface area contributed by atoms with Crippen LogP contribution in [0.3, 0.4) is 0 Å². The summed E-state index contributed by atoms with van der Waals surface area (Å²) < 4.78 is 12.8. The van der Waals surface area contributed by atoms with E-state index in [9.17, 15) is 0 Å². The Labute approximate surface area is 171 Å². The zero-order valence-corrected chi connectivity index (χ0v) is 17.9. The molecule has 27 heavy (non-hydrogen) atoms. The lowest BCUT2D eigenvalue weighted by atomic mass is 10.1. The second-order valence-corrected chi connectivity index (χ2v) is 7.93. The van der Waals surface area contributed by atoms with Crippen molar-refractivity contribution in [1.82, 2.24) is 9.80 Å². The second kappa shape index (κ2) is 10.1. The number of ether oxygens (including phenoxy) is 2. The summed E-state index contributed by atoms with van der Waals surface area (Å²) in [5.41, 5.74) is 2.35. The second-order valence-electron chi connectivity index (χ2n) is 7.08. The van der Waals surface area contributed by atoms with Gasteiger partial charge in [-0.15, -0.1) is 0 Å². The number of hydrogen-bond donors (Lipinski definition) is 0. The number of rotatable bonds is 8. The van der Waals surface area contributed by atoms with E-state index in [0.717, 1.165) is 40.9 Å². The topological polar surface area (TPSA) is 24.9 Å². The average Bonchev–Trinajstić information content (AvgIpc) is 2.69. The highest BCUT2D eigenvalue weighted by atomic mass is 79.9. The highest BCUT2D eigenvalue weighted by molar-refractivity contribution is 9.10. The molecule has 0 saturated carbocycles. The number of hydrogen-bond acceptors (Lipinski definition) is 4. The minimum absolute atomic E-state index is 0.521. The Morgan fingerprint density at radius 1 is 0.963 bits per heavy atom. The summed E-state index contributed by atoms with van der Waals surface area (Å²) in [5, 5.41) is 0. The number of para-hydroxylation sites is 1. The molecular weight excluding hydrogens is 404 g/mol. The molecule has 1 aliphatic heterocycles. The minimum atomic E-state index is 0.521. The SMILES string of the molecule is COc1cccc(CCCN2CCN(C)CC2)c1OCc1ccccc1Br. The predicted molar refractivity (Wildman–Crippen MR) is 114 cm³/mol. The summed E-state index contributed by atoms with van der Waals surface area (Å²) in [4.78, 5) is 4.95. The van der Waals surface area contributed by atoms with Gasteiger partial charge in [-0.2, -0.15) is 0 Å². The molecule has 1 heterocycles. The summed E-state index contributed by atoms with van der Waals surface area (Å²) in [7, 11) is 3.90. The van der Waals surface area contributed by atoms with Crippen LogP contribution in [0.2, 0.25) is 0 Å². The number of aryl methyl sites for hydroxylation is 1. The zero-order valence-electron chi connectivity index (χ0n) is 16.3. The molecule has 1 aliphatic rings. The molecule has 146 valence electrons. The summed E-state index contributed by atoms with van der Waals surface area (Å²) in [5.74, 6) is 1.67. The van der Waals surface area contributed by atoms with Crippen molar-refractivity contribution in [2.45, 2.75) is 19.4 Å². The Kier molecular flexibility index (Phi) is 7.56. The first-order chi connectivity index (χ1) is 13.2. The molecule has 0 amide bonds. The first kappa shape index (κ1) is 20.2. The molecule has 4 nitrogen and oxygen atoms in total. The molecule has 0 aromatic heterocycles. The van der Waals surface area contributed by atoms with Gasteiger partial charge in [0.2, 0.25) is 0 Å². The molecule has 0 N–H and O–H groups in total. The van der Waals surface area contributed by atoms with Crippen molar-refractivity contribution in [1.29, 1.82) is 0 Å². The number of piperazine rings is 1. The fourth-order valence-electron chi connectivity index (χ4n) is 3.41. The molecule has 2 aromatic rings. The van der Waals surface area contributed by atoms with Crippen LogP contribution in [0.1, 0.15) is 17.5 Å². The maximum absolute atomic E-state index is 6.21. The average molecular weight is 433 g/mol. The quantitative estimate of drug-likeness (QED) is 0.623. The smallest absolute Gasteiger partial charge is 0.164 e. The van der Waals surface area contributed by atoms with Gasteiger partial charge in [0.15, 0.2) is 11.5 Å². The van der Waals surface area contributed by atoms with E-state index in [-0.39, 0.29) is 0 Å². The van der Waals surface area contributed by atoms with E-state index in [0.29, 0.717) is 6.61 Å². The first-order valence-electron chi connectivity index (χ1n) is 9.60. The maximum Gasteiger partial charge on any atom is 0.164 e. The van der Waals surface area contributed by atoms with E-state index >= 15 is 0 Å². The minimum Gasteiger partial charge on any atom is -0.493 e. The van der Waals surface area contributed by atoms with Gasteiger partial charge in [0.05, 0.1) is 7.11 Å². The Morgan fingerprint density at radius 2 is 1.70 bits per heavy atom. The molecule has 2 aromatic carbocycles. The molecule has 0 unspecified atom stereocenters. The summed E-state index contributed by atoms with van der Waals surface area (Å²) in [6.07, 6.45) is 2.12. The number of likely N-dealkylation sites (N-methyl/N-ethyl adjacent to an activating group) is 1. The van der Waals surface area contributed by atoms with Crippen LogP contribution in [0.5, 0.6) is 11.5 Å². The zero-order chi connectivity index (χ0) is 19.1. The van der Waals surface area contributed by atoms with Crippen molar-refractivity contribution >= 4 is 15.9 Å². The Balaban J connectivity index is 1.61. The highest BCUT2D eigenvalue weighted by Crippen LogP contribution is 2.33. The molecule has 0 radical (unpaired) electrons. The van der Waals surface area contributed by atoms with Crippen LogP contribution in [0, 0.1) is 0 Å². The Hall–Kier alpha value is -1.56. The van der Waals surface area contributed by atoms with Crippen LogP contribution in [-0.2, 0) is 13.0 Å². The number of benzene rings is 2. The third-order valence-electron chi connectivity index (χ3n) is 5.13. The summed E-state index contributed by atoms with van der Waals surface area (Å²) in [6, 6.07) is 14.3. The van der Waals surface area contributed by atoms with E-state index in [1.165, 1.54) is 31.7 Å². The van der Waals surface area contributed by atoms with Crippen molar-refractivity contribution in [2.75, 3.05) is 46.9 Å². The van der Waals surface area contributed by atoms with E-state index in [4.69, 9.17) is 9.47 Å². The lowest BCUT2D eigenvalue weighted by molar-refractivity contribution is 0.153. The van der Waals surface area contributed by atoms with Gasteiger partial charge in [0.25, 0.3) is 0 Å². The van der Waals surface area contributed by atoms with Crippen LogP contribution in [0.15, 0.2) is 46.9 Å². The standard InChI is InChI=1S/C22H29BrN2O2/c1-24-13-15-25(16-14-24)12-6-9-18-8-5-11-21(26-2)22(18)27-17-19-7-3-4-10-20(19)23/h3-5,7-8,10-11H,6,9,12-17H2,1-2H3. The van der Waals surface area contributed by atoms with Crippen LogP contribution in [0.25, 0.3) is 0 Å². The largest absolute Gasteiger partial charge is 0.493 e. The number of methoxy groups -OCH3 is 1. The molecular formula is C22H29BrN2O2. The third kappa shape index (κ3) is 5.71. The molecule has 0 atom stereocenters. The van der Waals surface area contributed by atoms with Crippen molar-refractivity contribution in [2.24, 2.45) is 0 Å². The van der Waals surface area contributed by atoms with E-state index < -0.39 is 0 Å². The fourth-order valence-corrected chi connectivity index (χ4v) is 3.81.